The number of fused-ring (bicyclic) bond motifs is 5. The van der Waals surface area contributed by atoms with Crippen molar-refractivity contribution in [2.45, 2.75) is 57.2 Å². The van der Waals surface area contributed by atoms with Crippen LogP contribution in [0.25, 0.3) is 20.4 Å². The smallest absolute Gasteiger partial charge is 0.189 e. The standard InChI is InChI=1S/C19H24N4OS2/c1-4-6-13-11-7-5-8-12(11)14-15-16(26-18(14)21-13)17(20-9-10(2)24)23-19(22-15)25-3/h10,24H,4-9H2,1-3H3,(H,20,22,23)/t10-/m0/s1. The number of aliphatic hydroxyl groups excluding tert-OH is 1. The molecular weight excluding hydrogens is 364 g/mol. The number of hydrogen-bond acceptors (Lipinski definition) is 7. The third-order valence-corrected chi connectivity index (χ3v) is 6.46. The normalized spacial score (nSPS) is 14.9. The molecule has 2 N–H and O–H groups in total. The maximum Gasteiger partial charge on any atom is 0.189 e. The number of nitrogens with zero attached hydrogens (tertiary/aromatic N) is 3. The fraction of sp³-hybridized carbons (Fsp3) is 0.526. The molecule has 26 heavy (non-hydrogen) atoms. The van der Waals surface area contributed by atoms with Gasteiger partial charge in [0.2, 0.25) is 0 Å². The molecule has 0 fully saturated rings. The summed E-state index contributed by atoms with van der Waals surface area (Å²) in [5.41, 5.74) is 5.21. The number of thioether (sulfide) groups is 1. The van der Waals surface area contributed by atoms with E-state index < -0.39 is 6.10 Å². The summed E-state index contributed by atoms with van der Waals surface area (Å²) in [7, 11) is 0. The van der Waals surface area contributed by atoms with Gasteiger partial charge in [-0.1, -0.05) is 25.1 Å². The van der Waals surface area contributed by atoms with E-state index in [9.17, 15) is 5.11 Å². The first kappa shape index (κ1) is 17.9. The van der Waals surface area contributed by atoms with Gasteiger partial charge in [-0.05, 0) is 50.0 Å². The molecule has 0 radical (unpaired) electrons. The number of aliphatic hydroxyl groups is 1. The summed E-state index contributed by atoms with van der Waals surface area (Å²) >= 11 is 3.22. The third kappa shape index (κ3) is 3.06. The van der Waals surface area contributed by atoms with Gasteiger partial charge in [0.05, 0.1) is 16.3 Å². The van der Waals surface area contributed by atoms with Crippen LogP contribution in [-0.2, 0) is 19.3 Å². The van der Waals surface area contributed by atoms with Gasteiger partial charge in [-0.25, -0.2) is 15.0 Å². The van der Waals surface area contributed by atoms with E-state index in [-0.39, 0.29) is 0 Å². The van der Waals surface area contributed by atoms with Gasteiger partial charge >= 0.3 is 0 Å². The Morgan fingerprint density at radius 3 is 2.77 bits per heavy atom. The monoisotopic (exact) mass is 388 g/mol. The highest BCUT2D eigenvalue weighted by Crippen LogP contribution is 2.42. The zero-order valence-electron chi connectivity index (χ0n) is 15.4. The Bertz CT molecular complexity index is 967. The fourth-order valence-corrected chi connectivity index (χ4v) is 5.22. The molecule has 1 atom stereocenters. The summed E-state index contributed by atoms with van der Waals surface area (Å²) in [6.45, 7) is 4.46. The predicted molar refractivity (Wildman–Crippen MR) is 111 cm³/mol. The highest BCUT2D eigenvalue weighted by molar-refractivity contribution is 7.98. The van der Waals surface area contributed by atoms with Gasteiger partial charge in [0.1, 0.15) is 10.6 Å². The number of aromatic nitrogens is 3. The minimum absolute atomic E-state index is 0.425. The maximum atomic E-state index is 9.65. The zero-order valence-corrected chi connectivity index (χ0v) is 17.1. The summed E-state index contributed by atoms with van der Waals surface area (Å²) in [6, 6.07) is 0. The Balaban J connectivity index is 1.98. The van der Waals surface area contributed by atoms with Crippen molar-refractivity contribution in [1.29, 1.82) is 0 Å². The quantitative estimate of drug-likeness (QED) is 0.487. The van der Waals surface area contributed by atoms with Gasteiger partial charge in [-0.3, -0.25) is 0 Å². The van der Waals surface area contributed by atoms with E-state index in [0.29, 0.717) is 6.54 Å². The van der Waals surface area contributed by atoms with Crippen molar-refractivity contribution in [3.8, 4) is 0 Å². The third-order valence-electron chi connectivity index (χ3n) is 4.83. The highest BCUT2D eigenvalue weighted by atomic mass is 32.2. The second-order valence-electron chi connectivity index (χ2n) is 6.87. The summed E-state index contributed by atoms with van der Waals surface area (Å²) in [5, 5.41) is 14.9. The molecule has 0 saturated heterocycles. The lowest BCUT2D eigenvalue weighted by molar-refractivity contribution is 0.208. The van der Waals surface area contributed by atoms with E-state index in [1.165, 1.54) is 28.6 Å². The van der Waals surface area contributed by atoms with Crippen LogP contribution in [0.3, 0.4) is 0 Å². The van der Waals surface area contributed by atoms with Gasteiger partial charge in [0.25, 0.3) is 0 Å². The first-order valence-electron chi connectivity index (χ1n) is 9.23. The van der Waals surface area contributed by atoms with Crippen molar-refractivity contribution in [3.05, 3.63) is 16.8 Å². The average Bonchev–Trinajstić information content (AvgIpc) is 3.23. The van der Waals surface area contributed by atoms with Gasteiger partial charge < -0.3 is 10.4 Å². The topological polar surface area (TPSA) is 70.9 Å². The molecule has 3 heterocycles. The Kier molecular flexibility index (Phi) is 5.03. The maximum absolute atomic E-state index is 9.65. The Hall–Kier alpha value is -1.44. The van der Waals surface area contributed by atoms with Crippen molar-refractivity contribution in [2.24, 2.45) is 0 Å². The summed E-state index contributed by atoms with van der Waals surface area (Å²) in [6.07, 6.45) is 7.19. The van der Waals surface area contributed by atoms with Crippen LogP contribution in [0.4, 0.5) is 5.82 Å². The van der Waals surface area contributed by atoms with Crippen LogP contribution < -0.4 is 5.32 Å². The van der Waals surface area contributed by atoms with Crippen LogP contribution in [0, 0.1) is 0 Å². The molecule has 0 aliphatic heterocycles. The molecule has 1 aliphatic rings. The molecule has 0 amide bonds. The van der Waals surface area contributed by atoms with Gasteiger partial charge in [-0.2, -0.15) is 0 Å². The SMILES string of the molecule is CCCc1nc2sc3c(NC[C@H](C)O)nc(SC)nc3c2c2c1CCC2. The second-order valence-corrected chi connectivity index (χ2v) is 8.64. The zero-order chi connectivity index (χ0) is 18.3. The Labute approximate surface area is 161 Å². The van der Waals surface area contributed by atoms with E-state index in [1.54, 1.807) is 30.0 Å². The minimum Gasteiger partial charge on any atom is -0.392 e. The number of rotatable bonds is 6. The van der Waals surface area contributed by atoms with Crippen molar-refractivity contribution in [3.63, 3.8) is 0 Å². The van der Waals surface area contributed by atoms with Crippen LogP contribution in [0.15, 0.2) is 5.16 Å². The lowest BCUT2D eigenvalue weighted by atomic mass is 10.0. The molecule has 138 valence electrons. The molecule has 0 bridgehead atoms. The Morgan fingerprint density at radius 2 is 2.04 bits per heavy atom. The first-order valence-corrected chi connectivity index (χ1v) is 11.3. The van der Waals surface area contributed by atoms with Crippen molar-refractivity contribution in [1.82, 2.24) is 15.0 Å². The number of nitrogens with one attached hydrogen (secondary N) is 1. The number of pyridine rings is 1. The van der Waals surface area contributed by atoms with Crippen molar-refractivity contribution < 1.29 is 5.11 Å². The molecule has 7 heteroatoms. The molecular formula is C19H24N4OS2. The van der Waals surface area contributed by atoms with Gasteiger partial charge in [0, 0.05) is 17.6 Å². The van der Waals surface area contributed by atoms with E-state index in [1.807, 2.05) is 6.26 Å². The number of anilines is 1. The van der Waals surface area contributed by atoms with Crippen LogP contribution in [-0.4, -0.2) is 39.0 Å². The van der Waals surface area contributed by atoms with Crippen LogP contribution >= 0.6 is 23.1 Å². The minimum atomic E-state index is -0.425. The van der Waals surface area contributed by atoms with Crippen LogP contribution in [0.1, 0.15) is 43.5 Å². The van der Waals surface area contributed by atoms with E-state index >= 15 is 0 Å². The molecule has 3 aromatic rings. The molecule has 5 nitrogen and oxygen atoms in total. The first-order chi connectivity index (χ1) is 12.6. The Morgan fingerprint density at radius 1 is 1.23 bits per heavy atom. The lowest BCUT2D eigenvalue weighted by Crippen LogP contribution is -2.16. The summed E-state index contributed by atoms with van der Waals surface area (Å²) in [5.74, 6) is 0.812. The fourth-order valence-electron chi connectivity index (χ4n) is 3.72. The summed E-state index contributed by atoms with van der Waals surface area (Å²) < 4.78 is 1.05. The summed E-state index contributed by atoms with van der Waals surface area (Å²) in [4.78, 5) is 15.6. The van der Waals surface area contributed by atoms with Crippen LogP contribution in [0.2, 0.25) is 0 Å². The predicted octanol–water partition coefficient (Wildman–Crippen LogP) is 4.20. The van der Waals surface area contributed by atoms with E-state index in [2.05, 4.69) is 17.2 Å². The van der Waals surface area contributed by atoms with E-state index in [4.69, 9.17) is 9.97 Å². The molecule has 4 rings (SSSR count). The molecule has 3 aromatic heterocycles. The van der Waals surface area contributed by atoms with Crippen LogP contribution in [0.5, 0.6) is 0 Å². The van der Waals surface area contributed by atoms with Gasteiger partial charge in [-0.15, -0.1) is 11.3 Å². The molecule has 0 saturated carbocycles. The van der Waals surface area contributed by atoms with Crippen molar-refractivity contribution >= 4 is 49.3 Å². The van der Waals surface area contributed by atoms with Gasteiger partial charge in [0.15, 0.2) is 5.16 Å². The second kappa shape index (κ2) is 7.29. The number of thiophene rings is 1. The molecule has 1 aliphatic carbocycles. The van der Waals surface area contributed by atoms with Crippen molar-refractivity contribution in [2.75, 3.05) is 18.1 Å². The highest BCUT2D eigenvalue weighted by Gasteiger charge is 2.24. The number of aryl methyl sites for hydroxylation is 2. The molecule has 0 spiro atoms. The molecule has 0 aromatic carbocycles. The van der Waals surface area contributed by atoms with E-state index in [0.717, 1.165) is 51.7 Å². The largest absolute Gasteiger partial charge is 0.392 e. The average molecular weight is 389 g/mol. The molecule has 0 unspecified atom stereocenters. The lowest BCUT2D eigenvalue weighted by Gasteiger charge is -2.10. The number of hydrogen-bond donors (Lipinski definition) is 2.